The molecule has 2 heterocycles. The molecule has 1 aliphatic heterocycles. The van der Waals surface area contributed by atoms with Gasteiger partial charge in [-0.2, -0.15) is 0 Å². The number of pyridine rings is 1. The third-order valence-corrected chi connectivity index (χ3v) is 5.11. The second-order valence-electron chi connectivity index (χ2n) is 6.94. The standard InChI is InChI=1S/C22H30N2O3/c1-25-14-15-27-21-8-7-18(16-22(21)26-2)17-24-13-5-3-4-6-20(24)19-9-11-23-12-10-19/h7-12,16,20H,3-6,13-15,17H2,1-2H3. The lowest BCUT2D eigenvalue weighted by Crippen LogP contribution is -2.28. The van der Waals surface area contributed by atoms with Gasteiger partial charge in [0.05, 0.1) is 13.7 Å². The molecular weight excluding hydrogens is 340 g/mol. The number of hydrogen-bond donors (Lipinski definition) is 0. The molecule has 0 saturated carbocycles. The topological polar surface area (TPSA) is 43.8 Å². The summed E-state index contributed by atoms with van der Waals surface area (Å²) in [6.07, 6.45) is 8.81. The van der Waals surface area contributed by atoms with E-state index in [1.165, 1.54) is 36.8 Å². The van der Waals surface area contributed by atoms with Gasteiger partial charge in [0, 0.05) is 32.1 Å². The van der Waals surface area contributed by atoms with Gasteiger partial charge in [0.25, 0.3) is 0 Å². The molecule has 5 nitrogen and oxygen atoms in total. The summed E-state index contributed by atoms with van der Waals surface area (Å²) in [5.41, 5.74) is 2.60. The fourth-order valence-electron chi connectivity index (χ4n) is 3.72. The van der Waals surface area contributed by atoms with Gasteiger partial charge >= 0.3 is 0 Å². The summed E-state index contributed by atoms with van der Waals surface area (Å²) in [5, 5.41) is 0. The highest BCUT2D eigenvalue weighted by molar-refractivity contribution is 5.43. The van der Waals surface area contributed by atoms with Gasteiger partial charge in [-0.25, -0.2) is 0 Å². The van der Waals surface area contributed by atoms with Crippen LogP contribution in [0.3, 0.4) is 0 Å². The van der Waals surface area contributed by atoms with Gasteiger partial charge in [-0.15, -0.1) is 0 Å². The molecule has 0 N–H and O–H groups in total. The predicted molar refractivity (Wildman–Crippen MR) is 106 cm³/mol. The van der Waals surface area contributed by atoms with Crippen molar-refractivity contribution in [3.63, 3.8) is 0 Å². The van der Waals surface area contributed by atoms with Crippen molar-refractivity contribution in [1.29, 1.82) is 0 Å². The fourth-order valence-corrected chi connectivity index (χ4v) is 3.72. The maximum atomic E-state index is 5.75. The molecule has 0 radical (unpaired) electrons. The Labute approximate surface area is 162 Å². The van der Waals surface area contributed by atoms with E-state index in [4.69, 9.17) is 14.2 Å². The Balaban J connectivity index is 1.75. The maximum Gasteiger partial charge on any atom is 0.161 e. The van der Waals surface area contributed by atoms with Crippen LogP contribution in [0.5, 0.6) is 11.5 Å². The van der Waals surface area contributed by atoms with Crippen LogP contribution in [0.15, 0.2) is 42.7 Å². The summed E-state index contributed by atoms with van der Waals surface area (Å²) in [5.74, 6) is 1.54. The van der Waals surface area contributed by atoms with E-state index in [0.29, 0.717) is 19.3 Å². The average Bonchev–Trinajstić information content (AvgIpc) is 2.95. The third kappa shape index (κ3) is 5.44. The SMILES string of the molecule is COCCOc1ccc(CN2CCCCCC2c2ccncc2)cc1OC. The lowest BCUT2D eigenvalue weighted by molar-refractivity contribution is 0.144. The molecule has 3 rings (SSSR count). The third-order valence-electron chi connectivity index (χ3n) is 5.11. The Morgan fingerprint density at radius 1 is 1.00 bits per heavy atom. The highest BCUT2D eigenvalue weighted by atomic mass is 16.5. The van der Waals surface area contributed by atoms with E-state index >= 15 is 0 Å². The zero-order chi connectivity index (χ0) is 18.9. The van der Waals surface area contributed by atoms with Crippen LogP contribution in [0.25, 0.3) is 0 Å². The monoisotopic (exact) mass is 370 g/mol. The molecule has 1 fully saturated rings. The molecule has 1 aliphatic rings. The summed E-state index contributed by atoms with van der Waals surface area (Å²) in [6, 6.07) is 11.0. The minimum atomic E-state index is 0.444. The number of hydrogen-bond acceptors (Lipinski definition) is 5. The smallest absolute Gasteiger partial charge is 0.161 e. The Kier molecular flexibility index (Phi) is 7.48. The van der Waals surface area contributed by atoms with Crippen LogP contribution in [-0.2, 0) is 11.3 Å². The number of likely N-dealkylation sites (tertiary alicyclic amines) is 1. The number of ether oxygens (including phenoxy) is 3. The minimum absolute atomic E-state index is 0.444. The minimum Gasteiger partial charge on any atom is -0.493 e. The van der Waals surface area contributed by atoms with Crippen molar-refractivity contribution >= 4 is 0 Å². The summed E-state index contributed by atoms with van der Waals surface area (Å²) < 4.78 is 16.4. The van der Waals surface area contributed by atoms with Gasteiger partial charge in [0.15, 0.2) is 11.5 Å². The molecular formula is C22H30N2O3. The molecule has 1 atom stereocenters. The van der Waals surface area contributed by atoms with Crippen LogP contribution in [0.4, 0.5) is 0 Å². The van der Waals surface area contributed by atoms with Gasteiger partial charge in [-0.1, -0.05) is 18.9 Å². The number of rotatable bonds is 8. The van der Waals surface area contributed by atoms with Crippen LogP contribution >= 0.6 is 0 Å². The molecule has 2 aromatic rings. The molecule has 27 heavy (non-hydrogen) atoms. The zero-order valence-electron chi connectivity index (χ0n) is 16.4. The van der Waals surface area contributed by atoms with Gasteiger partial charge in [-0.05, 0) is 54.8 Å². The van der Waals surface area contributed by atoms with Gasteiger partial charge < -0.3 is 14.2 Å². The van der Waals surface area contributed by atoms with Gasteiger partial charge in [0.2, 0.25) is 0 Å². The Morgan fingerprint density at radius 2 is 1.85 bits per heavy atom. The van der Waals surface area contributed by atoms with Crippen LogP contribution in [-0.4, -0.2) is 43.9 Å². The highest BCUT2D eigenvalue weighted by Gasteiger charge is 2.23. The summed E-state index contributed by atoms with van der Waals surface area (Å²) in [6.45, 7) is 3.10. The van der Waals surface area contributed by atoms with Crippen LogP contribution in [0, 0.1) is 0 Å². The second-order valence-corrected chi connectivity index (χ2v) is 6.94. The first-order valence-corrected chi connectivity index (χ1v) is 9.74. The fraction of sp³-hybridized carbons (Fsp3) is 0.500. The summed E-state index contributed by atoms with van der Waals surface area (Å²) in [7, 11) is 3.36. The van der Waals surface area contributed by atoms with Crippen molar-refractivity contribution in [2.24, 2.45) is 0 Å². The first-order chi connectivity index (χ1) is 13.3. The van der Waals surface area contributed by atoms with E-state index in [2.05, 4.69) is 34.1 Å². The van der Waals surface area contributed by atoms with Gasteiger partial charge in [0.1, 0.15) is 6.61 Å². The first kappa shape index (κ1) is 19.6. The Morgan fingerprint density at radius 3 is 2.63 bits per heavy atom. The van der Waals surface area contributed by atoms with E-state index in [1.807, 2.05) is 18.5 Å². The molecule has 1 saturated heterocycles. The number of methoxy groups -OCH3 is 2. The number of aromatic nitrogens is 1. The molecule has 0 bridgehead atoms. The van der Waals surface area contributed by atoms with Crippen molar-refractivity contribution in [1.82, 2.24) is 9.88 Å². The number of benzene rings is 1. The van der Waals surface area contributed by atoms with Crippen molar-refractivity contribution in [3.8, 4) is 11.5 Å². The molecule has 1 unspecified atom stereocenters. The van der Waals surface area contributed by atoms with E-state index in [1.54, 1.807) is 14.2 Å². The lowest BCUT2D eigenvalue weighted by Gasteiger charge is -2.30. The first-order valence-electron chi connectivity index (χ1n) is 9.74. The second kappa shape index (κ2) is 10.3. The van der Waals surface area contributed by atoms with Crippen molar-refractivity contribution in [2.45, 2.75) is 38.3 Å². The van der Waals surface area contributed by atoms with E-state index in [0.717, 1.165) is 24.6 Å². The highest BCUT2D eigenvalue weighted by Crippen LogP contribution is 2.33. The molecule has 5 heteroatoms. The summed E-state index contributed by atoms with van der Waals surface area (Å²) >= 11 is 0. The number of nitrogens with zero attached hydrogens (tertiary/aromatic N) is 2. The predicted octanol–water partition coefficient (Wildman–Crippen LogP) is 4.23. The van der Waals surface area contributed by atoms with Crippen LogP contribution in [0.2, 0.25) is 0 Å². The quantitative estimate of drug-likeness (QED) is 0.651. The molecule has 146 valence electrons. The normalized spacial score (nSPS) is 18.1. The lowest BCUT2D eigenvalue weighted by atomic mass is 10.0. The van der Waals surface area contributed by atoms with E-state index in [-0.39, 0.29) is 0 Å². The van der Waals surface area contributed by atoms with Crippen LogP contribution < -0.4 is 9.47 Å². The maximum absolute atomic E-state index is 5.75. The van der Waals surface area contributed by atoms with Crippen molar-refractivity contribution in [3.05, 3.63) is 53.9 Å². The molecule has 0 aliphatic carbocycles. The van der Waals surface area contributed by atoms with Gasteiger partial charge in [-0.3, -0.25) is 9.88 Å². The Bertz CT molecular complexity index is 693. The molecule has 1 aromatic heterocycles. The van der Waals surface area contributed by atoms with E-state index < -0.39 is 0 Å². The molecule has 1 aromatic carbocycles. The van der Waals surface area contributed by atoms with Crippen molar-refractivity contribution < 1.29 is 14.2 Å². The average molecular weight is 370 g/mol. The van der Waals surface area contributed by atoms with Crippen LogP contribution in [0.1, 0.15) is 42.9 Å². The summed E-state index contributed by atoms with van der Waals surface area (Å²) in [4.78, 5) is 6.76. The zero-order valence-corrected chi connectivity index (χ0v) is 16.4. The largest absolute Gasteiger partial charge is 0.493 e. The molecule has 0 amide bonds. The Hall–Kier alpha value is -2.11. The molecule has 0 spiro atoms. The van der Waals surface area contributed by atoms with Crippen molar-refractivity contribution in [2.75, 3.05) is 34.0 Å². The van der Waals surface area contributed by atoms with E-state index in [9.17, 15) is 0 Å².